The number of likely N-dealkylation sites (N-methyl/N-ethyl adjacent to an activating group) is 1. The molecular weight excluding hydrogens is 236 g/mol. The molecule has 3 nitrogen and oxygen atoms in total. The number of anilines is 1. The number of hydrogen-bond donors (Lipinski definition) is 1. The summed E-state index contributed by atoms with van der Waals surface area (Å²) in [6.07, 6.45) is 5.52. The van der Waals surface area contributed by atoms with Crippen molar-refractivity contribution in [3.05, 3.63) is 29.3 Å². The van der Waals surface area contributed by atoms with Crippen LogP contribution >= 0.6 is 0 Å². The average molecular weight is 260 g/mol. The number of benzene rings is 1. The number of nitrogens with one attached hydrogen (secondary N) is 1. The highest BCUT2D eigenvalue weighted by Crippen LogP contribution is 2.25. The van der Waals surface area contributed by atoms with Crippen molar-refractivity contribution in [2.24, 2.45) is 0 Å². The van der Waals surface area contributed by atoms with E-state index in [0.29, 0.717) is 6.10 Å². The third kappa shape index (κ3) is 3.10. The molecule has 19 heavy (non-hydrogen) atoms. The maximum atomic E-state index is 5.78. The zero-order valence-electron chi connectivity index (χ0n) is 11.8. The number of hydrogen-bond acceptors (Lipinski definition) is 3. The van der Waals surface area contributed by atoms with Crippen LogP contribution in [0.4, 0.5) is 5.69 Å². The Labute approximate surface area is 115 Å². The molecule has 1 heterocycles. The van der Waals surface area contributed by atoms with E-state index in [0.717, 1.165) is 26.2 Å². The van der Waals surface area contributed by atoms with Crippen molar-refractivity contribution in [3.8, 4) is 0 Å². The zero-order valence-corrected chi connectivity index (χ0v) is 11.8. The first kappa shape index (κ1) is 12.9. The van der Waals surface area contributed by atoms with E-state index < -0.39 is 0 Å². The lowest BCUT2D eigenvalue weighted by Gasteiger charge is -2.30. The highest BCUT2D eigenvalue weighted by atomic mass is 16.5. The summed E-state index contributed by atoms with van der Waals surface area (Å²) in [5.74, 6) is 0. The summed E-state index contributed by atoms with van der Waals surface area (Å²) in [5, 5.41) is 3.39. The van der Waals surface area contributed by atoms with Crippen molar-refractivity contribution >= 4 is 5.69 Å². The van der Waals surface area contributed by atoms with E-state index in [1.54, 1.807) is 11.1 Å². The lowest BCUT2D eigenvalue weighted by atomic mass is 9.91. The molecule has 0 radical (unpaired) electrons. The van der Waals surface area contributed by atoms with Crippen molar-refractivity contribution < 1.29 is 4.74 Å². The first-order chi connectivity index (χ1) is 9.33. The maximum Gasteiger partial charge on any atom is 0.0874 e. The second-order valence-electron chi connectivity index (χ2n) is 5.74. The Morgan fingerprint density at radius 3 is 2.89 bits per heavy atom. The topological polar surface area (TPSA) is 24.5 Å². The van der Waals surface area contributed by atoms with Crippen LogP contribution < -0.4 is 10.2 Å². The first-order valence-electron chi connectivity index (χ1n) is 7.48. The molecule has 1 atom stereocenters. The van der Waals surface area contributed by atoms with Crippen LogP contribution in [0.25, 0.3) is 0 Å². The van der Waals surface area contributed by atoms with Gasteiger partial charge in [-0.2, -0.15) is 0 Å². The van der Waals surface area contributed by atoms with E-state index in [2.05, 4.69) is 35.5 Å². The summed E-state index contributed by atoms with van der Waals surface area (Å²) in [6, 6.07) is 6.96. The van der Waals surface area contributed by atoms with Crippen molar-refractivity contribution in [1.29, 1.82) is 0 Å². The van der Waals surface area contributed by atoms with Crippen LogP contribution in [-0.4, -0.2) is 39.4 Å². The largest absolute Gasteiger partial charge is 0.374 e. The SMILES string of the molecule is CN(CC1CNCCO1)c1ccc2c(c1)CCCC2. The lowest BCUT2D eigenvalue weighted by Crippen LogP contribution is -2.44. The van der Waals surface area contributed by atoms with Crippen molar-refractivity contribution in [3.63, 3.8) is 0 Å². The molecule has 1 fully saturated rings. The summed E-state index contributed by atoms with van der Waals surface area (Å²) < 4.78 is 5.78. The minimum atomic E-state index is 0.315. The van der Waals surface area contributed by atoms with E-state index in [9.17, 15) is 0 Å². The molecule has 0 saturated carbocycles. The van der Waals surface area contributed by atoms with Gasteiger partial charge in [0.25, 0.3) is 0 Å². The summed E-state index contributed by atoms with van der Waals surface area (Å²) in [4.78, 5) is 2.33. The third-order valence-corrected chi connectivity index (χ3v) is 4.25. The molecule has 1 aromatic carbocycles. The number of aryl methyl sites for hydroxylation is 2. The van der Waals surface area contributed by atoms with Gasteiger partial charge in [-0.25, -0.2) is 0 Å². The fraction of sp³-hybridized carbons (Fsp3) is 0.625. The van der Waals surface area contributed by atoms with Gasteiger partial charge in [-0.1, -0.05) is 6.07 Å². The highest BCUT2D eigenvalue weighted by Gasteiger charge is 2.17. The minimum absolute atomic E-state index is 0.315. The Balaban J connectivity index is 1.67. The Morgan fingerprint density at radius 2 is 2.11 bits per heavy atom. The van der Waals surface area contributed by atoms with Gasteiger partial charge in [0.05, 0.1) is 12.7 Å². The van der Waals surface area contributed by atoms with Crippen LogP contribution in [0, 0.1) is 0 Å². The van der Waals surface area contributed by atoms with Gasteiger partial charge in [0, 0.05) is 32.4 Å². The van der Waals surface area contributed by atoms with E-state index in [4.69, 9.17) is 4.74 Å². The van der Waals surface area contributed by atoms with Gasteiger partial charge in [-0.3, -0.25) is 0 Å². The molecule has 0 aromatic heterocycles. The summed E-state index contributed by atoms with van der Waals surface area (Å²) in [6.45, 7) is 3.75. The van der Waals surface area contributed by atoms with Crippen LogP contribution in [0.2, 0.25) is 0 Å². The van der Waals surface area contributed by atoms with Gasteiger partial charge in [-0.15, -0.1) is 0 Å². The molecule has 0 bridgehead atoms. The normalized spacial score (nSPS) is 22.9. The molecule has 104 valence electrons. The molecule has 0 amide bonds. The number of morpholine rings is 1. The zero-order chi connectivity index (χ0) is 13.1. The van der Waals surface area contributed by atoms with E-state index >= 15 is 0 Å². The predicted octanol–water partition coefficient (Wildman–Crippen LogP) is 1.99. The molecular formula is C16H24N2O. The van der Waals surface area contributed by atoms with Gasteiger partial charge in [0.1, 0.15) is 0 Å². The number of fused-ring (bicyclic) bond motifs is 1. The number of ether oxygens (including phenoxy) is 1. The molecule has 1 aromatic rings. The monoisotopic (exact) mass is 260 g/mol. The predicted molar refractivity (Wildman–Crippen MR) is 79.0 cm³/mol. The van der Waals surface area contributed by atoms with E-state index in [1.807, 2.05) is 0 Å². The van der Waals surface area contributed by atoms with Crippen LogP contribution in [-0.2, 0) is 17.6 Å². The molecule has 2 aliphatic rings. The number of nitrogens with zero attached hydrogens (tertiary/aromatic N) is 1. The molecule has 1 aliphatic heterocycles. The van der Waals surface area contributed by atoms with Gasteiger partial charge in [-0.05, 0) is 48.9 Å². The second kappa shape index (κ2) is 5.93. The molecule has 0 spiro atoms. The van der Waals surface area contributed by atoms with Crippen LogP contribution in [0.3, 0.4) is 0 Å². The van der Waals surface area contributed by atoms with Crippen LogP contribution in [0.15, 0.2) is 18.2 Å². The molecule has 1 unspecified atom stereocenters. The summed E-state index contributed by atoms with van der Waals surface area (Å²) in [7, 11) is 2.17. The summed E-state index contributed by atoms with van der Waals surface area (Å²) >= 11 is 0. The second-order valence-corrected chi connectivity index (χ2v) is 5.74. The maximum absolute atomic E-state index is 5.78. The summed E-state index contributed by atoms with van der Waals surface area (Å²) in [5.41, 5.74) is 4.44. The smallest absolute Gasteiger partial charge is 0.0874 e. The Hall–Kier alpha value is -1.06. The Morgan fingerprint density at radius 1 is 1.26 bits per heavy atom. The van der Waals surface area contributed by atoms with Gasteiger partial charge >= 0.3 is 0 Å². The first-order valence-corrected chi connectivity index (χ1v) is 7.48. The van der Waals surface area contributed by atoms with Crippen molar-refractivity contribution in [1.82, 2.24) is 5.32 Å². The fourth-order valence-electron chi connectivity index (χ4n) is 3.11. The standard InChI is InChI=1S/C16H24N2O/c1-18(12-16-11-17-8-9-19-16)15-7-6-13-4-2-3-5-14(13)10-15/h6-7,10,16-17H,2-5,8-9,11-12H2,1H3. The molecule has 3 heteroatoms. The minimum Gasteiger partial charge on any atom is -0.374 e. The third-order valence-electron chi connectivity index (χ3n) is 4.25. The highest BCUT2D eigenvalue weighted by molar-refractivity contribution is 5.51. The van der Waals surface area contributed by atoms with E-state index in [-0.39, 0.29) is 0 Å². The Bertz CT molecular complexity index is 427. The van der Waals surface area contributed by atoms with Crippen molar-refractivity contribution in [2.75, 3.05) is 38.2 Å². The van der Waals surface area contributed by atoms with Gasteiger partial charge < -0.3 is 15.0 Å². The van der Waals surface area contributed by atoms with Crippen LogP contribution in [0.1, 0.15) is 24.0 Å². The fourth-order valence-corrected chi connectivity index (χ4v) is 3.11. The molecule has 1 N–H and O–H groups in total. The van der Waals surface area contributed by atoms with Gasteiger partial charge in [0.15, 0.2) is 0 Å². The Kier molecular flexibility index (Phi) is 4.04. The average Bonchev–Trinajstić information content (AvgIpc) is 2.48. The number of rotatable bonds is 3. The molecule has 1 saturated heterocycles. The molecule has 3 rings (SSSR count). The van der Waals surface area contributed by atoms with Crippen molar-refractivity contribution in [2.45, 2.75) is 31.8 Å². The molecule has 1 aliphatic carbocycles. The van der Waals surface area contributed by atoms with Crippen LogP contribution in [0.5, 0.6) is 0 Å². The van der Waals surface area contributed by atoms with Gasteiger partial charge in [0.2, 0.25) is 0 Å². The lowest BCUT2D eigenvalue weighted by molar-refractivity contribution is 0.0340. The quantitative estimate of drug-likeness (QED) is 0.899. The van der Waals surface area contributed by atoms with E-state index in [1.165, 1.54) is 31.4 Å².